The van der Waals surface area contributed by atoms with Gasteiger partial charge in [0.25, 0.3) is 11.8 Å². The number of piperazine rings is 2. The number of amides is 4. The first kappa shape index (κ1) is 35.1. The lowest BCUT2D eigenvalue weighted by molar-refractivity contribution is -0.133. The molecule has 4 aliphatic rings. The van der Waals surface area contributed by atoms with Gasteiger partial charge >= 0.3 is 0 Å². The van der Waals surface area contributed by atoms with Crippen molar-refractivity contribution in [1.29, 1.82) is 0 Å². The van der Waals surface area contributed by atoms with Crippen LogP contribution < -0.4 is 20.4 Å². The van der Waals surface area contributed by atoms with Crippen molar-refractivity contribution < 1.29 is 24.0 Å². The Morgan fingerprint density at radius 1 is 0.407 bits per heavy atom. The van der Waals surface area contributed by atoms with E-state index < -0.39 is 0 Å². The summed E-state index contributed by atoms with van der Waals surface area (Å²) in [5.74, 6) is 0.405. The maximum absolute atomic E-state index is 13.2. The van der Waals surface area contributed by atoms with Gasteiger partial charge in [0.15, 0.2) is 5.78 Å². The number of nitrogens with one attached hydrogen (secondary N) is 2. The number of carbonyl (C=O) groups excluding carboxylic acids is 5. The van der Waals surface area contributed by atoms with Crippen molar-refractivity contribution in [2.45, 2.75) is 25.7 Å². The van der Waals surface area contributed by atoms with Crippen LogP contribution in [-0.2, 0) is 9.59 Å². The van der Waals surface area contributed by atoms with Gasteiger partial charge in [-0.2, -0.15) is 0 Å². The van der Waals surface area contributed by atoms with Gasteiger partial charge in [-0.25, -0.2) is 0 Å². The highest BCUT2D eigenvalue weighted by Crippen LogP contribution is 2.32. The Morgan fingerprint density at radius 3 is 1.04 bits per heavy atom. The zero-order valence-electron chi connectivity index (χ0n) is 30.2. The number of rotatable bonds is 10. The molecule has 0 bridgehead atoms. The fourth-order valence-corrected chi connectivity index (χ4v) is 7.18. The van der Waals surface area contributed by atoms with Gasteiger partial charge in [0, 0.05) is 109 Å². The summed E-state index contributed by atoms with van der Waals surface area (Å²) in [7, 11) is 0. The molecular weight excluding hydrogens is 681 g/mol. The Labute approximate surface area is 314 Å². The third kappa shape index (κ3) is 8.00. The molecule has 0 spiro atoms. The van der Waals surface area contributed by atoms with Gasteiger partial charge in [0.1, 0.15) is 0 Å². The van der Waals surface area contributed by atoms with Gasteiger partial charge in [0.05, 0.1) is 0 Å². The molecule has 0 aromatic heterocycles. The van der Waals surface area contributed by atoms with Crippen molar-refractivity contribution in [3.05, 3.63) is 119 Å². The van der Waals surface area contributed by atoms with E-state index in [4.69, 9.17) is 0 Å². The minimum atomic E-state index is -0.245. The van der Waals surface area contributed by atoms with Gasteiger partial charge < -0.3 is 30.2 Å². The molecule has 4 fully saturated rings. The van der Waals surface area contributed by atoms with Crippen LogP contribution in [0.15, 0.2) is 97.1 Å². The summed E-state index contributed by atoms with van der Waals surface area (Å²) in [5.41, 5.74) is 5.21. The Bertz CT molecular complexity index is 1880. The monoisotopic (exact) mass is 724 g/mol. The summed E-state index contributed by atoms with van der Waals surface area (Å²) >= 11 is 0. The van der Waals surface area contributed by atoms with Gasteiger partial charge in [-0.15, -0.1) is 0 Å². The molecule has 4 aromatic rings. The second-order valence-corrected chi connectivity index (χ2v) is 14.7. The zero-order chi connectivity index (χ0) is 37.2. The molecule has 54 heavy (non-hydrogen) atoms. The highest BCUT2D eigenvalue weighted by atomic mass is 16.2. The average Bonchev–Trinajstić information content (AvgIpc) is 4.16. The molecule has 0 unspecified atom stereocenters. The summed E-state index contributed by atoms with van der Waals surface area (Å²) in [4.78, 5) is 72.3. The summed E-state index contributed by atoms with van der Waals surface area (Å²) in [6, 6.07) is 28.5. The molecule has 0 radical (unpaired) electrons. The predicted molar refractivity (Wildman–Crippen MR) is 208 cm³/mol. The maximum Gasteiger partial charge on any atom is 0.255 e. The lowest BCUT2D eigenvalue weighted by Gasteiger charge is -2.36. The average molecular weight is 725 g/mol. The third-order valence-electron chi connectivity index (χ3n) is 10.8. The van der Waals surface area contributed by atoms with Crippen LogP contribution in [0.4, 0.5) is 22.7 Å². The van der Waals surface area contributed by atoms with Gasteiger partial charge in [-0.05, 0) is 123 Å². The molecule has 2 N–H and O–H groups in total. The van der Waals surface area contributed by atoms with Crippen LogP contribution in [0.25, 0.3) is 0 Å². The Balaban J connectivity index is 0.795. The predicted octanol–water partition coefficient (Wildman–Crippen LogP) is 5.54. The van der Waals surface area contributed by atoms with E-state index in [0.717, 1.165) is 89.4 Å². The summed E-state index contributed by atoms with van der Waals surface area (Å²) in [6.45, 7) is 5.99. The van der Waals surface area contributed by atoms with E-state index in [1.807, 2.05) is 34.1 Å². The fraction of sp³-hybridized carbons (Fsp3) is 0.326. The smallest absolute Gasteiger partial charge is 0.255 e. The molecule has 2 saturated carbocycles. The van der Waals surface area contributed by atoms with Crippen LogP contribution in [0.5, 0.6) is 0 Å². The highest BCUT2D eigenvalue weighted by Gasteiger charge is 2.35. The summed E-state index contributed by atoms with van der Waals surface area (Å²) in [5, 5.41) is 5.81. The Kier molecular flexibility index (Phi) is 9.86. The fourth-order valence-electron chi connectivity index (χ4n) is 7.18. The molecular formula is C43H44N6O5. The van der Waals surface area contributed by atoms with Crippen LogP contribution in [0, 0.1) is 11.8 Å². The van der Waals surface area contributed by atoms with Crippen molar-refractivity contribution in [2.75, 3.05) is 72.8 Å². The summed E-state index contributed by atoms with van der Waals surface area (Å²) in [6.07, 6.45) is 4.08. The van der Waals surface area contributed by atoms with Crippen LogP contribution in [0.3, 0.4) is 0 Å². The van der Waals surface area contributed by atoms with E-state index in [0.29, 0.717) is 45.4 Å². The maximum atomic E-state index is 13.2. The van der Waals surface area contributed by atoms with E-state index in [9.17, 15) is 24.0 Å². The van der Waals surface area contributed by atoms with Crippen LogP contribution in [0.1, 0.15) is 62.3 Å². The first-order chi connectivity index (χ1) is 26.3. The molecule has 11 nitrogen and oxygen atoms in total. The lowest BCUT2D eigenvalue weighted by atomic mass is 10.0. The molecule has 8 rings (SSSR count). The molecule has 2 saturated heterocycles. The standard InChI is InChI=1S/C43H44N6O5/c50-39(29-5-13-35(14-6-29)44-40(51)31-9-17-37(18-10-31)46-21-25-48(26-22-46)42(53)33-1-2-33)30-7-15-36(16-8-30)45-41(52)32-11-19-38(20-12-32)47-23-27-49(28-24-47)43(54)34-3-4-34/h5-20,33-34H,1-4,21-28H2,(H,44,51)(H,45,52). The molecule has 11 heteroatoms. The van der Waals surface area contributed by atoms with E-state index >= 15 is 0 Å². The molecule has 2 heterocycles. The van der Waals surface area contributed by atoms with Crippen molar-refractivity contribution in [3.63, 3.8) is 0 Å². The van der Waals surface area contributed by atoms with Crippen molar-refractivity contribution in [1.82, 2.24) is 9.80 Å². The lowest BCUT2D eigenvalue weighted by Crippen LogP contribution is -2.49. The van der Waals surface area contributed by atoms with Crippen LogP contribution in [0.2, 0.25) is 0 Å². The number of benzene rings is 4. The minimum Gasteiger partial charge on any atom is -0.368 e. The highest BCUT2D eigenvalue weighted by molar-refractivity contribution is 6.10. The Morgan fingerprint density at radius 2 is 0.722 bits per heavy atom. The first-order valence-electron chi connectivity index (χ1n) is 18.9. The Hall–Kier alpha value is -5.97. The van der Waals surface area contributed by atoms with Crippen molar-refractivity contribution in [2.24, 2.45) is 11.8 Å². The number of nitrogens with zero attached hydrogens (tertiary/aromatic N) is 4. The van der Waals surface area contributed by atoms with E-state index in [2.05, 4.69) is 20.4 Å². The number of hydrogen-bond acceptors (Lipinski definition) is 7. The number of anilines is 4. The van der Waals surface area contributed by atoms with Crippen LogP contribution >= 0.6 is 0 Å². The number of hydrogen-bond donors (Lipinski definition) is 2. The minimum absolute atomic E-state index is 0.174. The quantitative estimate of drug-likeness (QED) is 0.206. The number of carbonyl (C=O) groups is 5. The topological polar surface area (TPSA) is 122 Å². The first-order valence-corrected chi connectivity index (χ1v) is 18.9. The second kappa shape index (κ2) is 15.2. The van der Waals surface area contributed by atoms with E-state index in [1.165, 1.54) is 0 Å². The third-order valence-corrected chi connectivity index (χ3v) is 10.8. The molecule has 4 aromatic carbocycles. The van der Waals surface area contributed by atoms with Gasteiger partial charge in [0.2, 0.25) is 11.8 Å². The van der Waals surface area contributed by atoms with Crippen molar-refractivity contribution in [3.8, 4) is 0 Å². The molecule has 276 valence electrons. The molecule has 2 aliphatic heterocycles. The zero-order valence-corrected chi connectivity index (χ0v) is 30.2. The summed E-state index contributed by atoms with van der Waals surface area (Å²) < 4.78 is 0. The largest absolute Gasteiger partial charge is 0.368 e. The SMILES string of the molecule is O=C(Nc1ccc(C(=O)c2ccc(NC(=O)c3ccc(N4CCN(C(=O)C5CC5)CC4)cc3)cc2)cc1)c1ccc(N2CCN(C(=O)C3CC3)CC2)cc1. The molecule has 0 atom stereocenters. The molecule has 4 amide bonds. The normalized spacial score (nSPS) is 17.2. The van der Waals surface area contributed by atoms with E-state index in [-0.39, 0.29) is 29.4 Å². The van der Waals surface area contributed by atoms with Gasteiger partial charge in [-0.3, -0.25) is 24.0 Å². The van der Waals surface area contributed by atoms with Crippen LogP contribution in [-0.4, -0.2) is 91.6 Å². The number of ketones is 1. The van der Waals surface area contributed by atoms with Gasteiger partial charge in [-0.1, -0.05) is 0 Å². The van der Waals surface area contributed by atoms with E-state index in [1.54, 1.807) is 72.8 Å². The second-order valence-electron chi connectivity index (χ2n) is 14.7. The molecule has 2 aliphatic carbocycles. The van der Waals surface area contributed by atoms with Crippen molar-refractivity contribution >= 4 is 52.2 Å².